The molecule has 4 aromatic rings. The first-order valence-electron chi connectivity index (χ1n) is 8.89. The van der Waals surface area contributed by atoms with E-state index in [1.165, 1.54) is 52.7 Å². The van der Waals surface area contributed by atoms with Crippen molar-refractivity contribution >= 4 is 22.7 Å². The van der Waals surface area contributed by atoms with E-state index < -0.39 is 17.6 Å². The lowest BCUT2D eigenvalue weighted by Gasteiger charge is -2.13. The third-order valence-corrected chi connectivity index (χ3v) is 5.49. The van der Waals surface area contributed by atoms with E-state index in [2.05, 4.69) is 4.98 Å². The molecule has 0 saturated carbocycles. The Kier molecular flexibility index (Phi) is 5.34. The monoisotopic (exact) mass is 430 g/mol. The molecule has 30 heavy (non-hydrogen) atoms. The first-order valence-corrected chi connectivity index (χ1v) is 9.88. The topological polar surface area (TPSA) is 34.9 Å². The highest BCUT2D eigenvalue weighted by Crippen LogP contribution is 2.30. The minimum absolute atomic E-state index is 0.304. The van der Waals surface area contributed by atoms with E-state index in [0.717, 1.165) is 12.1 Å². The minimum Gasteiger partial charge on any atom is -0.268 e. The molecule has 0 atom stereocenters. The summed E-state index contributed by atoms with van der Waals surface area (Å²) in [7, 11) is 0. The zero-order valence-electron chi connectivity index (χ0n) is 15.4. The Morgan fingerprint density at radius 2 is 1.57 bits per heavy atom. The van der Waals surface area contributed by atoms with Crippen LogP contribution in [0.5, 0.6) is 0 Å². The van der Waals surface area contributed by atoms with Crippen molar-refractivity contribution < 1.29 is 17.6 Å². The molecule has 0 bridgehead atoms. The van der Waals surface area contributed by atoms with Crippen LogP contribution >= 0.6 is 11.8 Å². The van der Waals surface area contributed by atoms with Crippen LogP contribution in [-0.4, -0.2) is 9.55 Å². The van der Waals surface area contributed by atoms with E-state index in [1.807, 2.05) is 0 Å². The van der Waals surface area contributed by atoms with Gasteiger partial charge in [0.2, 0.25) is 0 Å². The van der Waals surface area contributed by atoms with Crippen molar-refractivity contribution in [3.8, 4) is 5.69 Å². The summed E-state index contributed by atoms with van der Waals surface area (Å²) < 4.78 is 53.0. The van der Waals surface area contributed by atoms with Gasteiger partial charge < -0.3 is 0 Å². The largest absolute Gasteiger partial charge is 0.416 e. The Hall–Kier alpha value is -3.13. The predicted octanol–water partition coefficient (Wildman–Crippen LogP) is 5.84. The van der Waals surface area contributed by atoms with Crippen molar-refractivity contribution in [3.63, 3.8) is 0 Å². The Balaban J connectivity index is 1.73. The number of rotatable bonds is 4. The second kappa shape index (κ2) is 7.95. The maximum absolute atomic E-state index is 13.4. The second-order valence-electron chi connectivity index (χ2n) is 6.51. The molecule has 4 rings (SSSR count). The first kappa shape index (κ1) is 20.2. The van der Waals surface area contributed by atoms with Gasteiger partial charge in [0.15, 0.2) is 5.16 Å². The van der Waals surface area contributed by atoms with Crippen LogP contribution in [0.15, 0.2) is 82.7 Å². The van der Waals surface area contributed by atoms with E-state index in [1.54, 1.807) is 24.3 Å². The van der Waals surface area contributed by atoms with Gasteiger partial charge in [0.05, 0.1) is 22.2 Å². The average molecular weight is 430 g/mol. The van der Waals surface area contributed by atoms with Crippen LogP contribution in [-0.2, 0) is 11.9 Å². The lowest BCUT2D eigenvalue weighted by molar-refractivity contribution is -0.137. The number of hydrogen-bond donors (Lipinski definition) is 0. The molecule has 1 heterocycles. The smallest absolute Gasteiger partial charge is 0.268 e. The molecule has 0 saturated heterocycles. The predicted molar refractivity (Wildman–Crippen MR) is 108 cm³/mol. The molecule has 0 radical (unpaired) electrons. The summed E-state index contributed by atoms with van der Waals surface area (Å²) in [5.74, 6) is -0.121. The molecule has 8 heteroatoms. The maximum Gasteiger partial charge on any atom is 0.416 e. The molecular weight excluding hydrogens is 416 g/mol. The number of para-hydroxylation sites is 1. The van der Waals surface area contributed by atoms with Gasteiger partial charge in [-0.3, -0.25) is 9.36 Å². The van der Waals surface area contributed by atoms with Crippen molar-refractivity contribution in [3.05, 3.63) is 100 Å². The number of nitrogens with zero attached hydrogens (tertiary/aromatic N) is 2. The third kappa shape index (κ3) is 4.09. The van der Waals surface area contributed by atoms with Gasteiger partial charge in [0.1, 0.15) is 5.82 Å². The molecule has 0 fully saturated rings. The van der Waals surface area contributed by atoms with Crippen molar-refractivity contribution in [1.29, 1.82) is 0 Å². The zero-order valence-corrected chi connectivity index (χ0v) is 16.2. The molecule has 0 aliphatic rings. The Morgan fingerprint density at radius 3 is 2.23 bits per heavy atom. The fourth-order valence-electron chi connectivity index (χ4n) is 2.96. The number of halogens is 4. The van der Waals surface area contributed by atoms with Crippen molar-refractivity contribution in [2.75, 3.05) is 0 Å². The summed E-state index contributed by atoms with van der Waals surface area (Å²) in [6, 6.07) is 17.2. The van der Waals surface area contributed by atoms with Crippen molar-refractivity contribution in [2.45, 2.75) is 17.1 Å². The second-order valence-corrected chi connectivity index (χ2v) is 7.45. The van der Waals surface area contributed by atoms with E-state index in [0.29, 0.717) is 33.1 Å². The summed E-state index contributed by atoms with van der Waals surface area (Å²) in [5, 5.41) is 0.783. The summed E-state index contributed by atoms with van der Waals surface area (Å²) in [6.45, 7) is 0. The number of aromatic nitrogens is 2. The van der Waals surface area contributed by atoms with Crippen molar-refractivity contribution in [1.82, 2.24) is 9.55 Å². The Morgan fingerprint density at radius 1 is 0.900 bits per heavy atom. The third-order valence-electron chi connectivity index (χ3n) is 4.48. The van der Waals surface area contributed by atoms with Gasteiger partial charge >= 0.3 is 6.18 Å². The van der Waals surface area contributed by atoms with Crippen LogP contribution < -0.4 is 5.56 Å². The lowest BCUT2D eigenvalue weighted by Crippen LogP contribution is -2.21. The molecule has 0 aliphatic heterocycles. The van der Waals surface area contributed by atoms with E-state index >= 15 is 0 Å². The van der Waals surface area contributed by atoms with Gasteiger partial charge in [-0.1, -0.05) is 36.0 Å². The fraction of sp³-hybridized carbons (Fsp3) is 0.0909. The van der Waals surface area contributed by atoms with Crippen molar-refractivity contribution in [2.24, 2.45) is 0 Å². The molecule has 1 aromatic heterocycles. The first-order chi connectivity index (χ1) is 14.3. The van der Waals surface area contributed by atoms with Crippen LogP contribution in [0.1, 0.15) is 11.1 Å². The van der Waals surface area contributed by atoms with E-state index in [-0.39, 0.29) is 5.56 Å². The van der Waals surface area contributed by atoms with Crippen LogP contribution in [0.4, 0.5) is 17.6 Å². The molecule has 0 N–H and O–H groups in total. The average Bonchev–Trinajstić information content (AvgIpc) is 2.73. The summed E-state index contributed by atoms with van der Waals surface area (Å²) in [4.78, 5) is 17.7. The molecule has 152 valence electrons. The highest BCUT2D eigenvalue weighted by atomic mass is 32.2. The normalized spacial score (nSPS) is 11.7. The SMILES string of the molecule is O=c1c2ccccc2nc(SCc2ccc(C(F)(F)F)cc2)n1-c1ccc(F)cc1. The lowest BCUT2D eigenvalue weighted by atomic mass is 10.1. The molecular formula is C22H14F4N2OS. The summed E-state index contributed by atoms with van der Waals surface area (Å²) >= 11 is 1.22. The van der Waals surface area contributed by atoms with Gasteiger partial charge in [-0.2, -0.15) is 13.2 Å². The zero-order chi connectivity index (χ0) is 21.3. The van der Waals surface area contributed by atoms with E-state index in [4.69, 9.17) is 0 Å². The molecule has 0 aliphatic carbocycles. The van der Waals surface area contributed by atoms with Crippen LogP contribution in [0.2, 0.25) is 0 Å². The summed E-state index contributed by atoms with van der Waals surface area (Å²) in [6.07, 6.45) is -4.39. The minimum atomic E-state index is -4.39. The maximum atomic E-state index is 13.4. The van der Waals surface area contributed by atoms with Gasteiger partial charge in [-0.25, -0.2) is 9.37 Å². The molecule has 0 amide bonds. The Bertz CT molecular complexity index is 1250. The van der Waals surface area contributed by atoms with Gasteiger partial charge in [0.25, 0.3) is 5.56 Å². The highest BCUT2D eigenvalue weighted by Gasteiger charge is 2.29. The van der Waals surface area contributed by atoms with Crippen LogP contribution in [0.3, 0.4) is 0 Å². The number of thioether (sulfide) groups is 1. The van der Waals surface area contributed by atoms with Crippen LogP contribution in [0.25, 0.3) is 16.6 Å². The highest BCUT2D eigenvalue weighted by molar-refractivity contribution is 7.98. The van der Waals surface area contributed by atoms with E-state index in [9.17, 15) is 22.4 Å². The number of benzene rings is 3. The quantitative estimate of drug-likeness (QED) is 0.232. The fourth-order valence-corrected chi connectivity index (χ4v) is 3.93. The standard InChI is InChI=1S/C22H14F4N2OS/c23-16-9-11-17(12-10-16)28-20(29)18-3-1-2-4-19(18)27-21(28)30-13-14-5-7-15(8-6-14)22(24,25)26/h1-12H,13H2. The molecule has 3 aromatic carbocycles. The summed E-state index contributed by atoms with van der Waals surface area (Å²) in [5.41, 5.74) is 0.594. The molecule has 3 nitrogen and oxygen atoms in total. The number of hydrogen-bond acceptors (Lipinski definition) is 3. The molecule has 0 unspecified atom stereocenters. The van der Waals surface area contributed by atoms with Gasteiger partial charge in [-0.15, -0.1) is 0 Å². The van der Waals surface area contributed by atoms with Crippen LogP contribution in [0, 0.1) is 5.82 Å². The number of alkyl halides is 3. The molecule has 0 spiro atoms. The van der Waals surface area contributed by atoms with Gasteiger partial charge in [0, 0.05) is 5.75 Å². The van der Waals surface area contributed by atoms with Gasteiger partial charge in [-0.05, 0) is 54.1 Å². The Labute approximate surface area is 173 Å². The number of fused-ring (bicyclic) bond motifs is 1.